The smallest absolute Gasteiger partial charge is 0.346 e. The zero-order chi connectivity index (χ0) is 16.5. The predicted octanol–water partition coefficient (Wildman–Crippen LogP) is 1.99. The van der Waals surface area contributed by atoms with Crippen LogP contribution in [0.4, 0.5) is 0 Å². The average Bonchev–Trinajstić information content (AvgIpc) is 2.90. The molecule has 0 amide bonds. The molecule has 0 unspecified atom stereocenters. The van der Waals surface area contributed by atoms with Gasteiger partial charge in [-0.05, 0) is 31.4 Å². The number of ether oxygens (including phenoxy) is 2. The molecule has 1 saturated heterocycles. The molecule has 6 nitrogen and oxygen atoms in total. The number of aliphatic carboxylic acids is 1. The molecule has 0 aliphatic carbocycles. The topological polar surface area (TPSA) is 89.9 Å². The number of hydrogen-bond acceptors (Lipinski definition) is 5. The Morgan fingerprint density at radius 3 is 2.73 bits per heavy atom. The van der Waals surface area contributed by atoms with Crippen molar-refractivity contribution in [2.45, 2.75) is 51.7 Å². The van der Waals surface area contributed by atoms with Crippen molar-refractivity contribution in [2.75, 3.05) is 0 Å². The van der Waals surface area contributed by atoms with Gasteiger partial charge in [-0.1, -0.05) is 20.3 Å². The molecule has 0 saturated carbocycles. The first-order valence-electron chi connectivity index (χ1n) is 7.35. The highest BCUT2D eigenvalue weighted by Gasteiger charge is 2.44. The van der Waals surface area contributed by atoms with Gasteiger partial charge in [0.25, 0.3) is 0 Å². The number of carboxylic acids is 1. The van der Waals surface area contributed by atoms with Crippen LogP contribution in [-0.4, -0.2) is 34.5 Å². The fourth-order valence-corrected chi connectivity index (χ4v) is 2.67. The van der Waals surface area contributed by atoms with E-state index >= 15 is 0 Å². The summed E-state index contributed by atoms with van der Waals surface area (Å²) in [4.78, 5) is 34.7. The Morgan fingerprint density at radius 1 is 1.45 bits per heavy atom. The number of carboxylic acid groups (broad SMARTS) is 1. The van der Waals surface area contributed by atoms with E-state index in [9.17, 15) is 14.4 Å². The highest BCUT2D eigenvalue weighted by Crippen LogP contribution is 2.35. The zero-order valence-corrected chi connectivity index (χ0v) is 12.9. The number of esters is 1. The molecule has 0 spiro atoms. The van der Waals surface area contributed by atoms with Crippen molar-refractivity contribution in [3.8, 4) is 0 Å². The third-order valence-corrected chi connectivity index (χ3v) is 3.98. The third-order valence-electron chi connectivity index (χ3n) is 3.98. The van der Waals surface area contributed by atoms with Crippen LogP contribution in [-0.2, 0) is 23.9 Å². The molecule has 1 N–H and O–H groups in total. The zero-order valence-electron chi connectivity index (χ0n) is 12.9. The van der Waals surface area contributed by atoms with Crippen molar-refractivity contribution in [3.63, 3.8) is 0 Å². The summed E-state index contributed by atoms with van der Waals surface area (Å²) in [7, 11) is 0. The Bertz CT molecular complexity index is 573. The maximum Gasteiger partial charge on any atom is 0.346 e. The van der Waals surface area contributed by atoms with E-state index in [1.54, 1.807) is 6.08 Å². The Labute approximate surface area is 128 Å². The molecule has 22 heavy (non-hydrogen) atoms. The first-order valence-corrected chi connectivity index (χ1v) is 7.35. The molecule has 3 atom stereocenters. The number of Topliss-reactive ketones (excluding diaryl/α,β-unsaturated/α-hetero) is 1. The maximum atomic E-state index is 12.1. The highest BCUT2D eigenvalue weighted by atomic mass is 16.6. The minimum atomic E-state index is -1.26. The summed E-state index contributed by atoms with van der Waals surface area (Å²) < 4.78 is 10.6. The van der Waals surface area contributed by atoms with E-state index in [4.69, 9.17) is 14.6 Å². The first kappa shape index (κ1) is 16.3. The second-order valence-electron chi connectivity index (χ2n) is 6.06. The predicted molar refractivity (Wildman–Crippen MR) is 76.9 cm³/mol. The van der Waals surface area contributed by atoms with Gasteiger partial charge in [0.05, 0.1) is 6.42 Å². The van der Waals surface area contributed by atoms with E-state index in [0.29, 0.717) is 5.92 Å². The maximum absolute atomic E-state index is 12.1. The molecule has 120 valence electrons. The molecule has 2 rings (SSSR count). The molecule has 6 heteroatoms. The molecule has 2 aliphatic heterocycles. The number of carbonyl (C=O) groups is 3. The van der Waals surface area contributed by atoms with Crippen LogP contribution in [0.15, 0.2) is 23.5 Å². The molecular formula is C16H20O6. The Kier molecular flexibility index (Phi) is 4.39. The minimum absolute atomic E-state index is 0.175. The fraction of sp³-hybridized carbons (Fsp3) is 0.562. The lowest BCUT2D eigenvalue weighted by Crippen LogP contribution is -2.25. The van der Waals surface area contributed by atoms with Crippen molar-refractivity contribution in [2.24, 2.45) is 5.92 Å². The summed E-state index contributed by atoms with van der Waals surface area (Å²) >= 11 is 0. The summed E-state index contributed by atoms with van der Waals surface area (Å²) in [5.74, 6) is -2.02. The minimum Gasteiger partial charge on any atom is -0.482 e. The number of rotatable bonds is 5. The van der Waals surface area contributed by atoms with E-state index < -0.39 is 35.8 Å². The number of allylic oxidation sites excluding steroid dienone is 1. The molecule has 2 aliphatic rings. The summed E-state index contributed by atoms with van der Waals surface area (Å²) in [6.45, 7) is 6.08. The van der Waals surface area contributed by atoms with E-state index in [1.165, 1.54) is 0 Å². The number of carbonyl (C=O) groups excluding carboxylic acids is 2. The van der Waals surface area contributed by atoms with E-state index in [1.807, 2.05) is 13.0 Å². The summed E-state index contributed by atoms with van der Waals surface area (Å²) in [5.41, 5.74) is -0.751. The lowest BCUT2D eigenvalue weighted by atomic mass is 9.92. The quantitative estimate of drug-likeness (QED) is 0.474. The van der Waals surface area contributed by atoms with Crippen LogP contribution in [0, 0.1) is 5.92 Å². The number of cyclic esters (lactones) is 1. The Morgan fingerprint density at radius 2 is 2.14 bits per heavy atom. The van der Waals surface area contributed by atoms with Gasteiger partial charge in [0.2, 0.25) is 5.78 Å². The third kappa shape index (κ3) is 3.21. The molecule has 0 radical (unpaired) electrons. The number of ketones is 1. The van der Waals surface area contributed by atoms with Crippen LogP contribution in [0.1, 0.15) is 40.0 Å². The van der Waals surface area contributed by atoms with Crippen molar-refractivity contribution >= 4 is 17.7 Å². The lowest BCUT2D eigenvalue weighted by Gasteiger charge is -2.26. The summed E-state index contributed by atoms with van der Waals surface area (Å²) in [6.07, 6.45) is 3.40. The van der Waals surface area contributed by atoms with Crippen molar-refractivity contribution in [1.82, 2.24) is 0 Å². The number of hydrogen-bond donors (Lipinski definition) is 1. The molecular weight excluding hydrogens is 288 g/mol. The van der Waals surface area contributed by atoms with Crippen LogP contribution in [0.2, 0.25) is 0 Å². The molecule has 0 bridgehead atoms. The molecule has 1 fully saturated rings. The van der Waals surface area contributed by atoms with Crippen LogP contribution in [0.3, 0.4) is 0 Å². The van der Waals surface area contributed by atoms with Gasteiger partial charge in [0.1, 0.15) is 16.9 Å². The normalized spacial score (nSPS) is 32.0. The van der Waals surface area contributed by atoms with E-state index in [-0.39, 0.29) is 11.3 Å². The van der Waals surface area contributed by atoms with Crippen LogP contribution in [0.5, 0.6) is 0 Å². The van der Waals surface area contributed by atoms with Gasteiger partial charge < -0.3 is 14.6 Å². The first-order chi connectivity index (χ1) is 10.3. The largest absolute Gasteiger partial charge is 0.482 e. The van der Waals surface area contributed by atoms with Gasteiger partial charge in [0.15, 0.2) is 6.10 Å². The van der Waals surface area contributed by atoms with Crippen LogP contribution < -0.4 is 0 Å². The molecule has 0 aromatic heterocycles. The van der Waals surface area contributed by atoms with E-state index in [0.717, 1.165) is 12.8 Å². The SMILES string of the molecule is CC[C@H](C)C[C@@]1(C)C=C/C(=C2\C(=O)O[C@H](CC(=O)O)C2=O)O1. The van der Waals surface area contributed by atoms with Gasteiger partial charge in [-0.15, -0.1) is 0 Å². The van der Waals surface area contributed by atoms with Crippen molar-refractivity contribution in [1.29, 1.82) is 0 Å². The fourth-order valence-electron chi connectivity index (χ4n) is 2.67. The van der Waals surface area contributed by atoms with E-state index in [2.05, 4.69) is 13.8 Å². The molecule has 0 aromatic carbocycles. The van der Waals surface area contributed by atoms with Gasteiger partial charge in [-0.3, -0.25) is 9.59 Å². The monoisotopic (exact) mass is 308 g/mol. The van der Waals surface area contributed by atoms with Gasteiger partial charge >= 0.3 is 11.9 Å². The van der Waals surface area contributed by atoms with Gasteiger partial charge in [-0.25, -0.2) is 4.79 Å². The second-order valence-corrected chi connectivity index (χ2v) is 6.06. The molecule has 2 heterocycles. The van der Waals surface area contributed by atoms with Crippen molar-refractivity contribution < 1.29 is 29.0 Å². The summed E-state index contributed by atoms with van der Waals surface area (Å²) in [6, 6.07) is 0. The lowest BCUT2D eigenvalue weighted by molar-refractivity contribution is -0.147. The highest BCUT2D eigenvalue weighted by molar-refractivity contribution is 6.24. The molecule has 0 aromatic rings. The van der Waals surface area contributed by atoms with Crippen LogP contribution in [0.25, 0.3) is 0 Å². The average molecular weight is 308 g/mol. The second kappa shape index (κ2) is 5.94. The summed E-state index contributed by atoms with van der Waals surface area (Å²) in [5, 5.41) is 8.73. The Hall–Kier alpha value is -2.11. The standard InChI is InChI=1S/C16H20O6/c1-4-9(2)8-16(3)6-5-10(22-16)13-14(19)11(7-12(17)18)21-15(13)20/h5-6,9,11H,4,7-8H2,1-3H3,(H,17,18)/b13-10+/t9-,11+,16+/m0/s1. The van der Waals surface area contributed by atoms with Gasteiger partial charge in [0, 0.05) is 0 Å². The van der Waals surface area contributed by atoms with Crippen molar-refractivity contribution in [3.05, 3.63) is 23.5 Å². The van der Waals surface area contributed by atoms with Crippen LogP contribution >= 0.6 is 0 Å². The Balaban J connectivity index is 2.19. The van der Waals surface area contributed by atoms with Gasteiger partial charge in [-0.2, -0.15) is 0 Å².